The number of para-hydroxylation sites is 1. The van der Waals surface area contributed by atoms with Crippen molar-refractivity contribution in [3.8, 4) is 6.07 Å². The van der Waals surface area contributed by atoms with E-state index in [0.717, 1.165) is 12.0 Å². The van der Waals surface area contributed by atoms with Gasteiger partial charge in [0.15, 0.2) is 0 Å². The average Bonchev–Trinajstić information content (AvgIpc) is 2.44. The summed E-state index contributed by atoms with van der Waals surface area (Å²) in [6, 6.07) is 8.99. The van der Waals surface area contributed by atoms with Gasteiger partial charge in [0.2, 0.25) is 11.8 Å². The van der Waals surface area contributed by atoms with Crippen molar-refractivity contribution in [3.63, 3.8) is 0 Å². The third-order valence-electron chi connectivity index (χ3n) is 2.50. The van der Waals surface area contributed by atoms with E-state index in [1.165, 1.54) is 6.08 Å². The number of carbonyl (C=O) groups excluding carboxylic acids is 2. The largest absolute Gasteiger partial charge is 0.351 e. The maximum absolute atomic E-state index is 11.6. The summed E-state index contributed by atoms with van der Waals surface area (Å²) in [5, 5.41) is 13.8. The molecule has 0 saturated heterocycles. The van der Waals surface area contributed by atoms with Crippen molar-refractivity contribution >= 4 is 17.5 Å². The molecule has 0 aliphatic carbocycles. The number of carbonyl (C=O) groups is 2. The first-order chi connectivity index (χ1) is 9.67. The van der Waals surface area contributed by atoms with Crippen LogP contribution in [0.4, 0.5) is 5.69 Å². The summed E-state index contributed by atoms with van der Waals surface area (Å²) in [7, 11) is 0. The lowest BCUT2D eigenvalue weighted by atomic mass is 10.1. The number of nitrogens with one attached hydrogen (secondary N) is 2. The van der Waals surface area contributed by atoms with Gasteiger partial charge in [0, 0.05) is 12.2 Å². The van der Waals surface area contributed by atoms with Crippen molar-refractivity contribution < 1.29 is 9.59 Å². The van der Waals surface area contributed by atoms with Gasteiger partial charge in [-0.3, -0.25) is 9.59 Å². The Morgan fingerprint density at radius 2 is 2.10 bits per heavy atom. The van der Waals surface area contributed by atoms with Gasteiger partial charge in [0.1, 0.15) is 6.42 Å². The Morgan fingerprint density at radius 3 is 2.80 bits per heavy atom. The van der Waals surface area contributed by atoms with E-state index in [9.17, 15) is 9.59 Å². The number of hydrogen-bond acceptors (Lipinski definition) is 3. The molecule has 0 fully saturated rings. The minimum Gasteiger partial charge on any atom is -0.351 e. The SMILES string of the molecule is CC/C=C/C(=O)Nc1ccccc1CNC(=O)CC#N. The normalized spacial score (nSPS) is 10.0. The molecule has 0 bridgehead atoms. The van der Waals surface area contributed by atoms with Gasteiger partial charge in [-0.2, -0.15) is 5.26 Å². The van der Waals surface area contributed by atoms with Crippen LogP contribution in [0, 0.1) is 11.3 Å². The number of anilines is 1. The predicted molar refractivity (Wildman–Crippen MR) is 76.6 cm³/mol. The maximum Gasteiger partial charge on any atom is 0.248 e. The molecule has 1 rings (SSSR count). The van der Waals surface area contributed by atoms with Crippen LogP contribution in [0.3, 0.4) is 0 Å². The standard InChI is InChI=1S/C15H17N3O2/c1-2-3-8-15(20)18-13-7-5-4-6-12(13)11-17-14(19)9-10-16/h3-8H,2,9,11H2,1H3,(H,17,19)(H,18,20)/b8-3+. The second kappa shape index (κ2) is 8.48. The summed E-state index contributed by atoms with van der Waals surface area (Å²) in [5.41, 5.74) is 1.44. The highest BCUT2D eigenvalue weighted by molar-refractivity contribution is 5.99. The molecule has 104 valence electrons. The fourth-order valence-corrected chi connectivity index (χ4v) is 1.52. The number of nitriles is 1. The molecule has 5 heteroatoms. The van der Waals surface area contributed by atoms with Gasteiger partial charge >= 0.3 is 0 Å². The Kier molecular flexibility index (Phi) is 6.55. The number of allylic oxidation sites excluding steroid dienone is 1. The number of nitrogens with zero attached hydrogens (tertiary/aromatic N) is 1. The average molecular weight is 271 g/mol. The van der Waals surface area contributed by atoms with Crippen LogP contribution in [-0.4, -0.2) is 11.8 Å². The predicted octanol–water partition coefficient (Wildman–Crippen LogP) is 2.12. The summed E-state index contributed by atoms with van der Waals surface area (Å²) in [4.78, 5) is 22.9. The first-order valence-electron chi connectivity index (χ1n) is 6.36. The molecule has 0 saturated carbocycles. The van der Waals surface area contributed by atoms with E-state index in [-0.39, 0.29) is 24.8 Å². The zero-order valence-electron chi connectivity index (χ0n) is 11.3. The van der Waals surface area contributed by atoms with E-state index in [4.69, 9.17) is 5.26 Å². The molecule has 0 aromatic heterocycles. The second-order valence-corrected chi connectivity index (χ2v) is 4.07. The fraction of sp³-hybridized carbons (Fsp3) is 0.267. The van der Waals surface area contributed by atoms with Crippen LogP contribution in [0.15, 0.2) is 36.4 Å². The van der Waals surface area contributed by atoms with Crippen LogP contribution < -0.4 is 10.6 Å². The summed E-state index contributed by atoms with van der Waals surface area (Å²) in [5.74, 6) is -0.540. The monoisotopic (exact) mass is 271 g/mol. The Hall–Kier alpha value is -2.61. The Morgan fingerprint density at radius 1 is 1.35 bits per heavy atom. The second-order valence-electron chi connectivity index (χ2n) is 4.07. The molecule has 0 atom stereocenters. The van der Waals surface area contributed by atoms with E-state index in [0.29, 0.717) is 5.69 Å². The Labute approximate surface area is 118 Å². The van der Waals surface area contributed by atoms with Gasteiger partial charge in [-0.1, -0.05) is 31.2 Å². The number of rotatable bonds is 6. The van der Waals surface area contributed by atoms with Gasteiger partial charge in [-0.05, 0) is 24.1 Å². The molecule has 2 N–H and O–H groups in total. The highest BCUT2D eigenvalue weighted by Gasteiger charge is 2.06. The summed E-state index contributed by atoms with van der Waals surface area (Å²) in [6.07, 6.45) is 3.87. The van der Waals surface area contributed by atoms with Crippen molar-refractivity contribution in [3.05, 3.63) is 42.0 Å². The summed E-state index contributed by atoms with van der Waals surface area (Å²) >= 11 is 0. The number of amides is 2. The molecule has 0 aliphatic rings. The number of hydrogen-bond donors (Lipinski definition) is 2. The molecule has 5 nitrogen and oxygen atoms in total. The molecule has 0 spiro atoms. The smallest absolute Gasteiger partial charge is 0.248 e. The minimum absolute atomic E-state index is 0.173. The van der Waals surface area contributed by atoms with E-state index in [1.807, 2.05) is 19.1 Å². The molecular weight excluding hydrogens is 254 g/mol. The third-order valence-corrected chi connectivity index (χ3v) is 2.50. The minimum atomic E-state index is -0.334. The van der Waals surface area contributed by atoms with Crippen molar-refractivity contribution in [1.29, 1.82) is 5.26 Å². The molecule has 1 aromatic rings. The van der Waals surface area contributed by atoms with Gasteiger partial charge < -0.3 is 10.6 Å². The van der Waals surface area contributed by atoms with E-state index >= 15 is 0 Å². The van der Waals surface area contributed by atoms with Crippen LogP contribution in [0.2, 0.25) is 0 Å². The zero-order valence-corrected chi connectivity index (χ0v) is 11.3. The number of benzene rings is 1. The molecule has 2 amide bonds. The van der Waals surface area contributed by atoms with Crippen LogP contribution in [0.5, 0.6) is 0 Å². The molecular formula is C15H17N3O2. The Bertz CT molecular complexity index is 544. The lowest BCUT2D eigenvalue weighted by molar-refractivity contribution is -0.120. The van der Waals surface area contributed by atoms with Crippen molar-refractivity contribution in [2.24, 2.45) is 0 Å². The first kappa shape index (κ1) is 15.4. The lowest BCUT2D eigenvalue weighted by Crippen LogP contribution is -2.22. The molecule has 1 aromatic carbocycles. The summed E-state index contributed by atoms with van der Waals surface area (Å²) < 4.78 is 0. The molecule has 0 aliphatic heterocycles. The van der Waals surface area contributed by atoms with Gasteiger partial charge in [-0.15, -0.1) is 0 Å². The van der Waals surface area contributed by atoms with Crippen LogP contribution in [0.1, 0.15) is 25.3 Å². The van der Waals surface area contributed by atoms with E-state index in [1.54, 1.807) is 24.3 Å². The first-order valence-corrected chi connectivity index (χ1v) is 6.36. The van der Waals surface area contributed by atoms with E-state index in [2.05, 4.69) is 10.6 Å². The van der Waals surface area contributed by atoms with Gasteiger partial charge in [0.25, 0.3) is 0 Å². The maximum atomic E-state index is 11.6. The van der Waals surface area contributed by atoms with Gasteiger partial charge in [-0.25, -0.2) is 0 Å². The highest BCUT2D eigenvalue weighted by Crippen LogP contribution is 2.14. The molecule has 20 heavy (non-hydrogen) atoms. The van der Waals surface area contributed by atoms with Crippen molar-refractivity contribution in [2.45, 2.75) is 26.3 Å². The fourth-order valence-electron chi connectivity index (χ4n) is 1.52. The quantitative estimate of drug-likeness (QED) is 0.777. The van der Waals surface area contributed by atoms with Gasteiger partial charge in [0.05, 0.1) is 6.07 Å². The lowest BCUT2D eigenvalue weighted by Gasteiger charge is -2.10. The molecule has 0 unspecified atom stereocenters. The Balaban J connectivity index is 2.68. The molecule has 0 heterocycles. The highest BCUT2D eigenvalue weighted by atomic mass is 16.2. The van der Waals surface area contributed by atoms with Crippen molar-refractivity contribution in [1.82, 2.24) is 5.32 Å². The topological polar surface area (TPSA) is 82.0 Å². The van der Waals surface area contributed by atoms with Crippen LogP contribution in [0.25, 0.3) is 0 Å². The van der Waals surface area contributed by atoms with Crippen molar-refractivity contribution in [2.75, 3.05) is 5.32 Å². The summed E-state index contributed by atoms with van der Waals surface area (Å²) in [6.45, 7) is 2.22. The zero-order chi connectivity index (χ0) is 14.8. The van der Waals surface area contributed by atoms with Crippen LogP contribution in [-0.2, 0) is 16.1 Å². The third kappa shape index (κ3) is 5.36. The molecule has 0 radical (unpaired) electrons. The van der Waals surface area contributed by atoms with E-state index < -0.39 is 0 Å². The van der Waals surface area contributed by atoms with Crippen LogP contribution >= 0.6 is 0 Å².